The second-order valence-electron chi connectivity index (χ2n) is 6.12. The number of nitrogens with zero attached hydrogens (tertiary/aromatic N) is 1. The number of piperidine rings is 1. The Morgan fingerprint density at radius 2 is 1.85 bits per heavy atom. The lowest BCUT2D eigenvalue weighted by atomic mass is 10.1. The number of nitrogens with one attached hydrogen (secondary N) is 1. The number of urea groups is 1. The minimum Gasteiger partial charge on any atom is -0.324 e. The van der Waals surface area contributed by atoms with Crippen molar-refractivity contribution in [3.63, 3.8) is 0 Å². The van der Waals surface area contributed by atoms with E-state index in [9.17, 15) is 13.6 Å². The van der Waals surface area contributed by atoms with Gasteiger partial charge in [0.05, 0.1) is 5.69 Å². The van der Waals surface area contributed by atoms with E-state index in [1.165, 1.54) is 0 Å². The Balaban J connectivity index is 1.68. The molecule has 1 aromatic rings. The smallest absolute Gasteiger partial charge is 0.321 e. The van der Waals surface area contributed by atoms with Crippen molar-refractivity contribution in [2.75, 3.05) is 18.4 Å². The summed E-state index contributed by atoms with van der Waals surface area (Å²) in [5, 5.41) is 2.62. The molecule has 1 heterocycles. The van der Waals surface area contributed by atoms with Gasteiger partial charge in [-0.25, -0.2) is 13.6 Å². The molecule has 20 heavy (non-hydrogen) atoms. The van der Waals surface area contributed by atoms with Gasteiger partial charge >= 0.3 is 6.03 Å². The number of carbonyl (C=O) groups is 1. The Labute approximate surface area is 124 Å². The summed E-state index contributed by atoms with van der Waals surface area (Å²) in [5.41, 5.74) is 0.577. The van der Waals surface area contributed by atoms with Crippen molar-refractivity contribution in [2.24, 2.45) is 17.3 Å². The summed E-state index contributed by atoms with van der Waals surface area (Å²) >= 11 is 3.12. The molecular weight excluding hydrogens is 330 g/mol. The standard InChI is InChI=1S/C14H15BrF2N2O/c1-14(2)7-5-19(6-8(7)14)13(20)18-12-4-11(17)10(16)3-9(12)15/h3-4,7-8H,5-6H2,1-2H3,(H,18,20)/t7-,8-/m1/s1. The van der Waals surface area contributed by atoms with E-state index in [1.807, 2.05) is 0 Å². The maximum atomic E-state index is 13.2. The van der Waals surface area contributed by atoms with E-state index >= 15 is 0 Å². The molecule has 2 atom stereocenters. The average molecular weight is 345 g/mol. The molecule has 2 aliphatic rings. The van der Waals surface area contributed by atoms with Crippen LogP contribution >= 0.6 is 15.9 Å². The van der Waals surface area contributed by atoms with Gasteiger partial charge in [-0.2, -0.15) is 0 Å². The normalized spacial score (nSPS) is 26.4. The number of anilines is 1. The first kappa shape index (κ1) is 13.8. The van der Waals surface area contributed by atoms with Gasteiger partial charge < -0.3 is 10.2 Å². The van der Waals surface area contributed by atoms with Crippen molar-refractivity contribution < 1.29 is 13.6 Å². The van der Waals surface area contributed by atoms with Crippen molar-refractivity contribution >= 4 is 27.6 Å². The summed E-state index contributed by atoms with van der Waals surface area (Å²) in [6.45, 7) is 5.88. The van der Waals surface area contributed by atoms with E-state index in [-0.39, 0.29) is 11.7 Å². The van der Waals surface area contributed by atoms with Crippen LogP contribution in [0, 0.1) is 28.9 Å². The van der Waals surface area contributed by atoms with Gasteiger partial charge in [0, 0.05) is 23.6 Å². The number of amides is 2. The Kier molecular flexibility index (Phi) is 3.04. The monoisotopic (exact) mass is 344 g/mol. The first-order valence-corrected chi connectivity index (χ1v) is 7.30. The zero-order valence-corrected chi connectivity index (χ0v) is 12.8. The highest BCUT2D eigenvalue weighted by atomic mass is 79.9. The van der Waals surface area contributed by atoms with Crippen LogP contribution in [0.2, 0.25) is 0 Å². The van der Waals surface area contributed by atoms with Gasteiger partial charge in [0.2, 0.25) is 0 Å². The van der Waals surface area contributed by atoms with Crippen molar-refractivity contribution in [3.05, 3.63) is 28.2 Å². The fourth-order valence-electron chi connectivity index (χ4n) is 3.11. The van der Waals surface area contributed by atoms with Gasteiger partial charge in [-0.3, -0.25) is 0 Å². The lowest BCUT2D eigenvalue weighted by Crippen LogP contribution is -2.36. The highest BCUT2D eigenvalue weighted by molar-refractivity contribution is 9.10. The fraction of sp³-hybridized carbons (Fsp3) is 0.500. The molecule has 1 aliphatic carbocycles. The second kappa shape index (κ2) is 4.41. The lowest BCUT2D eigenvalue weighted by Gasteiger charge is -2.22. The zero-order valence-electron chi connectivity index (χ0n) is 11.2. The van der Waals surface area contributed by atoms with Gasteiger partial charge in [-0.05, 0) is 39.2 Å². The molecule has 6 heteroatoms. The Bertz CT molecular complexity index is 577. The first-order valence-electron chi connectivity index (χ1n) is 6.51. The minimum atomic E-state index is -0.978. The molecule has 3 rings (SSSR count). The minimum absolute atomic E-state index is 0.244. The molecule has 1 aliphatic heterocycles. The number of hydrogen-bond acceptors (Lipinski definition) is 1. The number of benzene rings is 1. The van der Waals surface area contributed by atoms with Crippen LogP contribution < -0.4 is 5.32 Å². The van der Waals surface area contributed by atoms with Crippen LogP contribution in [0.3, 0.4) is 0 Å². The van der Waals surface area contributed by atoms with Gasteiger partial charge in [-0.15, -0.1) is 0 Å². The van der Waals surface area contributed by atoms with Crippen LogP contribution in [0.15, 0.2) is 16.6 Å². The third kappa shape index (κ3) is 2.10. The Hall–Kier alpha value is -1.17. The SMILES string of the molecule is CC1(C)[C@@H]2CN(C(=O)Nc3cc(F)c(F)cc3Br)C[C@H]21. The molecule has 0 bridgehead atoms. The van der Waals surface area contributed by atoms with Crippen LogP contribution in [-0.2, 0) is 0 Å². The summed E-state index contributed by atoms with van der Waals surface area (Å²) in [6, 6.07) is 1.73. The predicted molar refractivity (Wildman–Crippen MR) is 75.4 cm³/mol. The number of fused-ring (bicyclic) bond motifs is 1. The van der Waals surface area contributed by atoms with E-state index < -0.39 is 11.6 Å². The van der Waals surface area contributed by atoms with E-state index in [0.29, 0.717) is 21.7 Å². The molecule has 2 amide bonds. The van der Waals surface area contributed by atoms with E-state index in [4.69, 9.17) is 0 Å². The quantitative estimate of drug-likeness (QED) is 0.771. The highest BCUT2D eigenvalue weighted by Crippen LogP contribution is 2.61. The Morgan fingerprint density at radius 3 is 2.45 bits per heavy atom. The van der Waals surface area contributed by atoms with Crippen molar-refractivity contribution in [2.45, 2.75) is 13.8 Å². The number of likely N-dealkylation sites (tertiary alicyclic amines) is 1. The molecule has 3 nitrogen and oxygen atoms in total. The molecule has 1 saturated carbocycles. The second-order valence-corrected chi connectivity index (χ2v) is 6.97. The molecule has 0 unspecified atom stereocenters. The fourth-order valence-corrected chi connectivity index (χ4v) is 3.52. The van der Waals surface area contributed by atoms with Gasteiger partial charge in [0.25, 0.3) is 0 Å². The third-order valence-corrected chi connectivity index (χ3v) is 5.32. The van der Waals surface area contributed by atoms with Crippen molar-refractivity contribution in [1.82, 2.24) is 4.90 Å². The maximum absolute atomic E-state index is 13.2. The summed E-state index contributed by atoms with van der Waals surface area (Å²) in [7, 11) is 0. The molecule has 1 saturated heterocycles. The average Bonchev–Trinajstić information content (AvgIpc) is 2.78. The van der Waals surface area contributed by atoms with Gasteiger partial charge in [0.15, 0.2) is 11.6 Å². The van der Waals surface area contributed by atoms with Gasteiger partial charge in [-0.1, -0.05) is 13.8 Å². The first-order chi connectivity index (χ1) is 9.30. The summed E-state index contributed by atoms with van der Waals surface area (Å²) in [6.07, 6.45) is 0. The number of halogens is 3. The molecule has 2 fully saturated rings. The van der Waals surface area contributed by atoms with E-state index in [2.05, 4.69) is 35.1 Å². The molecular formula is C14H15BrF2N2O. The molecule has 1 N–H and O–H groups in total. The number of hydrogen-bond donors (Lipinski definition) is 1. The number of rotatable bonds is 1. The zero-order chi connectivity index (χ0) is 14.7. The summed E-state index contributed by atoms with van der Waals surface area (Å²) in [4.78, 5) is 13.8. The van der Waals surface area contributed by atoms with Crippen LogP contribution in [0.1, 0.15) is 13.8 Å². The molecule has 0 spiro atoms. The largest absolute Gasteiger partial charge is 0.324 e. The summed E-state index contributed by atoms with van der Waals surface area (Å²) < 4.78 is 26.5. The van der Waals surface area contributed by atoms with Crippen molar-refractivity contribution in [3.8, 4) is 0 Å². The molecule has 0 aromatic heterocycles. The van der Waals surface area contributed by atoms with Crippen LogP contribution in [0.4, 0.5) is 19.3 Å². The van der Waals surface area contributed by atoms with Crippen LogP contribution in [0.25, 0.3) is 0 Å². The topological polar surface area (TPSA) is 32.3 Å². The summed E-state index contributed by atoms with van der Waals surface area (Å²) in [5.74, 6) is -0.809. The van der Waals surface area contributed by atoms with E-state index in [0.717, 1.165) is 25.2 Å². The van der Waals surface area contributed by atoms with Crippen molar-refractivity contribution in [1.29, 1.82) is 0 Å². The predicted octanol–water partition coefficient (Wildman–Crippen LogP) is 3.85. The highest BCUT2D eigenvalue weighted by Gasteiger charge is 2.62. The maximum Gasteiger partial charge on any atom is 0.321 e. The van der Waals surface area contributed by atoms with Crippen LogP contribution in [0.5, 0.6) is 0 Å². The third-order valence-electron chi connectivity index (χ3n) is 4.66. The Morgan fingerprint density at radius 1 is 1.30 bits per heavy atom. The molecule has 108 valence electrons. The number of carbonyl (C=O) groups excluding carboxylic acids is 1. The van der Waals surface area contributed by atoms with E-state index in [1.54, 1.807) is 4.90 Å². The van der Waals surface area contributed by atoms with Crippen LogP contribution in [-0.4, -0.2) is 24.0 Å². The molecule has 0 radical (unpaired) electrons. The molecule has 1 aromatic carbocycles. The lowest BCUT2D eigenvalue weighted by molar-refractivity contribution is 0.209. The van der Waals surface area contributed by atoms with Gasteiger partial charge in [0.1, 0.15) is 0 Å².